The standard InChI is InChI=1S/C18H24N6O/c1-13-12-14(2)23(21-13)11-10-22-8-5-15(6-9-22)24-17-16(20-18(24)25)4-3-7-19-17/h3-4,7,12,15H,5-6,8-11H2,1-2H3,(H,20,25). The maximum Gasteiger partial charge on any atom is 0.327 e. The molecular weight excluding hydrogens is 316 g/mol. The zero-order valence-electron chi connectivity index (χ0n) is 14.8. The summed E-state index contributed by atoms with van der Waals surface area (Å²) in [6.45, 7) is 8.03. The van der Waals surface area contributed by atoms with Crippen molar-refractivity contribution in [3.63, 3.8) is 0 Å². The number of nitrogens with one attached hydrogen (secondary N) is 1. The molecule has 0 saturated carbocycles. The van der Waals surface area contributed by atoms with Crippen molar-refractivity contribution in [2.45, 2.75) is 39.3 Å². The number of hydrogen-bond acceptors (Lipinski definition) is 4. The highest BCUT2D eigenvalue weighted by Gasteiger charge is 2.24. The first-order valence-electron chi connectivity index (χ1n) is 8.90. The normalized spacial score (nSPS) is 16.7. The molecule has 3 aromatic rings. The lowest BCUT2D eigenvalue weighted by Crippen LogP contribution is -2.38. The van der Waals surface area contributed by atoms with Crippen molar-refractivity contribution in [1.29, 1.82) is 0 Å². The van der Waals surface area contributed by atoms with Crippen LogP contribution < -0.4 is 5.69 Å². The van der Waals surface area contributed by atoms with E-state index in [9.17, 15) is 4.79 Å². The molecule has 1 aliphatic rings. The summed E-state index contributed by atoms with van der Waals surface area (Å²) in [6, 6.07) is 6.09. The third-order valence-corrected chi connectivity index (χ3v) is 5.13. The monoisotopic (exact) mass is 340 g/mol. The molecule has 0 bridgehead atoms. The predicted molar refractivity (Wildman–Crippen MR) is 96.8 cm³/mol. The average molecular weight is 340 g/mol. The van der Waals surface area contributed by atoms with Crippen LogP contribution in [0, 0.1) is 13.8 Å². The van der Waals surface area contributed by atoms with E-state index < -0.39 is 0 Å². The molecule has 0 aliphatic carbocycles. The van der Waals surface area contributed by atoms with Crippen molar-refractivity contribution in [3.05, 3.63) is 46.3 Å². The largest absolute Gasteiger partial charge is 0.327 e. The fourth-order valence-corrected chi connectivity index (χ4v) is 3.84. The van der Waals surface area contributed by atoms with Gasteiger partial charge in [0.25, 0.3) is 0 Å². The number of fused-ring (bicyclic) bond motifs is 1. The third kappa shape index (κ3) is 3.11. The van der Waals surface area contributed by atoms with Crippen LogP contribution in [-0.2, 0) is 6.54 Å². The Kier molecular flexibility index (Phi) is 4.17. The number of aromatic amines is 1. The Bertz CT molecular complexity index is 929. The van der Waals surface area contributed by atoms with Gasteiger partial charge in [0.2, 0.25) is 0 Å². The summed E-state index contributed by atoms with van der Waals surface area (Å²) in [7, 11) is 0. The van der Waals surface area contributed by atoms with E-state index in [4.69, 9.17) is 0 Å². The second-order valence-corrected chi connectivity index (χ2v) is 6.90. The summed E-state index contributed by atoms with van der Waals surface area (Å²) < 4.78 is 3.92. The lowest BCUT2D eigenvalue weighted by molar-refractivity contribution is 0.178. The summed E-state index contributed by atoms with van der Waals surface area (Å²) in [6.07, 6.45) is 3.69. The zero-order valence-corrected chi connectivity index (χ0v) is 14.8. The van der Waals surface area contributed by atoms with E-state index in [2.05, 4.69) is 37.6 Å². The Morgan fingerprint density at radius 1 is 1.24 bits per heavy atom. The van der Waals surface area contributed by atoms with E-state index in [0.29, 0.717) is 0 Å². The van der Waals surface area contributed by atoms with Crippen LogP contribution in [-0.4, -0.2) is 48.8 Å². The number of hydrogen-bond donors (Lipinski definition) is 1. The number of nitrogens with zero attached hydrogens (tertiary/aromatic N) is 5. The molecule has 0 amide bonds. The zero-order chi connectivity index (χ0) is 17.4. The van der Waals surface area contributed by atoms with Crippen LogP contribution in [0.1, 0.15) is 30.3 Å². The Labute approximate surface area is 146 Å². The molecule has 4 heterocycles. The Hall–Kier alpha value is -2.41. The minimum Gasteiger partial charge on any atom is -0.304 e. The van der Waals surface area contributed by atoms with Gasteiger partial charge in [-0.25, -0.2) is 9.78 Å². The van der Waals surface area contributed by atoms with Gasteiger partial charge in [-0.05, 0) is 44.9 Å². The number of pyridine rings is 1. The molecule has 1 fully saturated rings. The molecule has 0 spiro atoms. The van der Waals surface area contributed by atoms with Gasteiger partial charge >= 0.3 is 5.69 Å². The molecule has 7 nitrogen and oxygen atoms in total. The van der Waals surface area contributed by atoms with Gasteiger partial charge in [-0.2, -0.15) is 5.10 Å². The van der Waals surface area contributed by atoms with Crippen molar-refractivity contribution in [3.8, 4) is 0 Å². The summed E-state index contributed by atoms with van der Waals surface area (Å²) in [4.78, 5) is 22.1. The highest BCUT2D eigenvalue weighted by Crippen LogP contribution is 2.23. The minimum atomic E-state index is -0.0465. The Balaban J connectivity index is 1.40. The molecule has 7 heteroatoms. The SMILES string of the molecule is Cc1cc(C)n(CCN2CCC(n3c(=O)[nH]c4cccnc43)CC2)n1. The molecule has 3 aromatic heterocycles. The van der Waals surface area contributed by atoms with Gasteiger partial charge in [-0.1, -0.05) is 0 Å². The number of rotatable bonds is 4. The lowest BCUT2D eigenvalue weighted by atomic mass is 10.0. The van der Waals surface area contributed by atoms with Crippen LogP contribution in [0.15, 0.2) is 29.2 Å². The highest BCUT2D eigenvalue weighted by molar-refractivity contribution is 5.70. The van der Waals surface area contributed by atoms with Crippen molar-refractivity contribution >= 4 is 11.2 Å². The van der Waals surface area contributed by atoms with E-state index in [-0.39, 0.29) is 11.7 Å². The van der Waals surface area contributed by atoms with E-state index in [1.54, 1.807) is 6.20 Å². The molecule has 25 heavy (non-hydrogen) atoms. The van der Waals surface area contributed by atoms with Gasteiger partial charge in [-0.3, -0.25) is 9.25 Å². The number of imidazole rings is 1. The predicted octanol–water partition coefficient (Wildman–Crippen LogP) is 1.88. The van der Waals surface area contributed by atoms with Crippen molar-refractivity contribution in [1.82, 2.24) is 29.2 Å². The summed E-state index contributed by atoms with van der Waals surface area (Å²) in [5.74, 6) is 0. The molecule has 0 aromatic carbocycles. The van der Waals surface area contributed by atoms with Crippen molar-refractivity contribution in [2.75, 3.05) is 19.6 Å². The average Bonchev–Trinajstić information content (AvgIpc) is 3.11. The second-order valence-electron chi connectivity index (χ2n) is 6.90. The number of aryl methyl sites for hydroxylation is 2. The first-order chi connectivity index (χ1) is 12.1. The number of likely N-dealkylation sites (tertiary alicyclic amines) is 1. The van der Waals surface area contributed by atoms with Gasteiger partial charge in [0.05, 0.1) is 17.8 Å². The van der Waals surface area contributed by atoms with Crippen molar-refractivity contribution in [2.24, 2.45) is 0 Å². The molecule has 0 radical (unpaired) electrons. The molecule has 1 saturated heterocycles. The van der Waals surface area contributed by atoms with Gasteiger partial charge in [-0.15, -0.1) is 0 Å². The molecule has 0 atom stereocenters. The van der Waals surface area contributed by atoms with E-state index in [1.807, 2.05) is 23.6 Å². The van der Waals surface area contributed by atoms with Crippen LogP contribution in [0.25, 0.3) is 11.2 Å². The topological polar surface area (TPSA) is 71.7 Å². The van der Waals surface area contributed by atoms with Crippen LogP contribution in [0.2, 0.25) is 0 Å². The lowest BCUT2D eigenvalue weighted by Gasteiger charge is -2.32. The Morgan fingerprint density at radius 2 is 2.04 bits per heavy atom. The molecule has 0 unspecified atom stereocenters. The fraction of sp³-hybridized carbons (Fsp3) is 0.500. The molecule has 4 rings (SSSR count). The number of piperidine rings is 1. The summed E-state index contributed by atoms with van der Waals surface area (Å²) >= 11 is 0. The summed E-state index contributed by atoms with van der Waals surface area (Å²) in [5, 5.41) is 4.53. The first-order valence-corrected chi connectivity index (χ1v) is 8.90. The summed E-state index contributed by atoms with van der Waals surface area (Å²) in [5.41, 5.74) is 3.83. The first kappa shape index (κ1) is 16.1. The van der Waals surface area contributed by atoms with E-state index >= 15 is 0 Å². The second kappa shape index (κ2) is 6.48. The van der Waals surface area contributed by atoms with Gasteiger partial charge < -0.3 is 9.88 Å². The Morgan fingerprint density at radius 3 is 2.76 bits per heavy atom. The number of aromatic nitrogens is 5. The van der Waals surface area contributed by atoms with Crippen LogP contribution in [0.4, 0.5) is 0 Å². The van der Waals surface area contributed by atoms with Gasteiger partial charge in [0, 0.05) is 37.6 Å². The van der Waals surface area contributed by atoms with E-state index in [1.165, 1.54) is 5.69 Å². The van der Waals surface area contributed by atoms with Crippen molar-refractivity contribution < 1.29 is 0 Å². The van der Waals surface area contributed by atoms with Crippen LogP contribution >= 0.6 is 0 Å². The highest BCUT2D eigenvalue weighted by atomic mass is 16.1. The van der Waals surface area contributed by atoms with E-state index in [0.717, 1.165) is 55.9 Å². The molecule has 1 aliphatic heterocycles. The molecule has 132 valence electrons. The molecular formula is C18H24N6O. The molecule has 1 N–H and O–H groups in total. The maximum absolute atomic E-state index is 12.3. The van der Waals surface area contributed by atoms with Crippen LogP contribution in [0.3, 0.4) is 0 Å². The van der Waals surface area contributed by atoms with Crippen LogP contribution in [0.5, 0.6) is 0 Å². The van der Waals surface area contributed by atoms with Gasteiger partial charge in [0.15, 0.2) is 5.65 Å². The smallest absolute Gasteiger partial charge is 0.304 e. The van der Waals surface area contributed by atoms with Gasteiger partial charge in [0.1, 0.15) is 0 Å². The minimum absolute atomic E-state index is 0.0465. The maximum atomic E-state index is 12.3. The quantitative estimate of drug-likeness (QED) is 0.787. The fourth-order valence-electron chi connectivity index (χ4n) is 3.84. The number of H-pyrrole nitrogens is 1. The third-order valence-electron chi connectivity index (χ3n) is 5.13.